The fourth-order valence-electron chi connectivity index (χ4n) is 2.26. The van der Waals surface area contributed by atoms with Gasteiger partial charge in [-0.2, -0.15) is 0 Å². The van der Waals surface area contributed by atoms with E-state index in [1.54, 1.807) is 11.3 Å². The van der Waals surface area contributed by atoms with Crippen LogP contribution in [0.4, 0.5) is 0 Å². The Labute approximate surface area is 138 Å². The van der Waals surface area contributed by atoms with Gasteiger partial charge in [-0.1, -0.05) is 40.5 Å². The lowest BCUT2D eigenvalue weighted by Crippen LogP contribution is -2.23. The minimum absolute atomic E-state index is 0.175. The maximum absolute atomic E-state index is 6.35. The van der Waals surface area contributed by atoms with Gasteiger partial charge in [-0.25, -0.2) is 0 Å². The molecule has 1 aromatic heterocycles. The fraction of sp³-hybridized carbons (Fsp3) is 0.375. The molecular weight excluding hydrogens is 354 g/mol. The van der Waals surface area contributed by atoms with Crippen molar-refractivity contribution in [3.8, 4) is 0 Å². The Bertz CT molecular complexity index is 594. The average Bonchev–Trinajstić information content (AvgIpc) is 2.82. The third-order valence-corrected chi connectivity index (χ3v) is 5.64. The van der Waals surface area contributed by atoms with E-state index in [9.17, 15) is 0 Å². The summed E-state index contributed by atoms with van der Waals surface area (Å²) in [5, 5.41) is 6.53. The van der Waals surface area contributed by atoms with Crippen LogP contribution in [0.25, 0.3) is 0 Å². The van der Waals surface area contributed by atoms with Gasteiger partial charge in [-0.05, 0) is 61.0 Å². The predicted octanol–water partition coefficient (Wildman–Crippen LogP) is 5.87. The van der Waals surface area contributed by atoms with Crippen molar-refractivity contribution in [3.05, 3.63) is 54.6 Å². The van der Waals surface area contributed by atoms with Gasteiger partial charge in [0.05, 0.1) is 11.1 Å². The zero-order chi connectivity index (χ0) is 14.7. The molecule has 1 heterocycles. The molecule has 1 N–H and O–H groups in total. The Morgan fingerprint density at radius 2 is 2.05 bits per heavy atom. The maximum atomic E-state index is 6.35. The molecule has 20 heavy (non-hydrogen) atoms. The van der Waals surface area contributed by atoms with Gasteiger partial charge in [-0.15, -0.1) is 11.3 Å². The van der Waals surface area contributed by atoms with Crippen molar-refractivity contribution in [1.29, 1.82) is 0 Å². The van der Waals surface area contributed by atoms with Crippen molar-refractivity contribution in [1.82, 2.24) is 5.32 Å². The molecular formula is C16H19BrClNS. The zero-order valence-electron chi connectivity index (χ0n) is 12.0. The summed E-state index contributed by atoms with van der Waals surface area (Å²) in [5.74, 6) is 0. The van der Waals surface area contributed by atoms with Gasteiger partial charge in [0.2, 0.25) is 0 Å². The summed E-state index contributed by atoms with van der Waals surface area (Å²) in [6.45, 7) is 7.44. The van der Waals surface area contributed by atoms with Crippen LogP contribution in [0, 0.1) is 13.8 Å². The summed E-state index contributed by atoms with van der Waals surface area (Å²) < 4.78 is 1.16. The number of rotatable bonds is 5. The molecule has 0 spiro atoms. The van der Waals surface area contributed by atoms with Gasteiger partial charge < -0.3 is 5.32 Å². The molecule has 0 bridgehead atoms. The van der Waals surface area contributed by atoms with E-state index in [1.807, 2.05) is 6.07 Å². The molecule has 0 amide bonds. The van der Waals surface area contributed by atoms with Crippen molar-refractivity contribution in [2.75, 3.05) is 6.54 Å². The van der Waals surface area contributed by atoms with E-state index in [1.165, 1.54) is 21.6 Å². The quantitative estimate of drug-likeness (QED) is 0.692. The monoisotopic (exact) mass is 371 g/mol. The van der Waals surface area contributed by atoms with E-state index in [2.05, 4.69) is 59.5 Å². The van der Waals surface area contributed by atoms with E-state index < -0.39 is 0 Å². The molecule has 1 aromatic carbocycles. The first-order valence-corrected chi connectivity index (χ1v) is 8.82. The van der Waals surface area contributed by atoms with Crippen LogP contribution in [0.1, 0.15) is 41.0 Å². The lowest BCUT2D eigenvalue weighted by Gasteiger charge is -2.21. The molecule has 0 aliphatic rings. The summed E-state index contributed by atoms with van der Waals surface area (Å²) in [6, 6.07) is 6.59. The van der Waals surface area contributed by atoms with Gasteiger partial charge in [0.15, 0.2) is 0 Å². The second kappa shape index (κ2) is 7.08. The summed E-state index contributed by atoms with van der Waals surface area (Å²) in [6.07, 6.45) is 1.11. The van der Waals surface area contributed by atoms with Crippen LogP contribution in [-0.4, -0.2) is 6.54 Å². The predicted molar refractivity (Wildman–Crippen MR) is 93.1 cm³/mol. The number of thiophene rings is 1. The highest BCUT2D eigenvalue weighted by molar-refractivity contribution is 9.10. The van der Waals surface area contributed by atoms with Crippen molar-refractivity contribution in [2.24, 2.45) is 0 Å². The number of benzene rings is 1. The zero-order valence-corrected chi connectivity index (χ0v) is 15.1. The van der Waals surface area contributed by atoms with Crippen LogP contribution < -0.4 is 5.32 Å². The Morgan fingerprint density at radius 3 is 2.65 bits per heavy atom. The van der Waals surface area contributed by atoms with Crippen molar-refractivity contribution < 1.29 is 0 Å². The highest BCUT2D eigenvalue weighted by Gasteiger charge is 2.20. The number of hydrogen-bond acceptors (Lipinski definition) is 2. The van der Waals surface area contributed by atoms with E-state index >= 15 is 0 Å². The number of aryl methyl sites for hydroxylation is 2. The second-order valence-electron chi connectivity index (χ2n) is 4.98. The van der Waals surface area contributed by atoms with Gasteiger partial charge in [0.25, 0.3) is 0 Å². The Balaban J connectivity index is 2.46. The molecule has 4 heteroatoms. The van der Waals surface area contributed by atoms with Crippen LogP contribution >= 0.6 is 38.9 Å². The lowest BCUT2D eigenvalue weighted by atomic mass is 9.97. The topological polar surface area (TPSA) is 12.0 Å². The van der Waals surface area contributed by atoms with Gasteiger partial charge in [0, 0.05) is 9.35 Å². The van der Waals surface area contributed by atoms with Crippen LogP contribution in [0.5, 0.6) is 0 Å². The van der Waals surface area contributed by atoms with Gasteiger partial charge >= 0.3 is 0 Å². The largest absolute Gasteiger partial charge is 0.306 e. The molecule has 2 rings (SSSR count). The minimum Gasteiger partial charge on any atom is -0.306 e. The lowest BCUT2D eigenvalue weighted by molar-refractivity contribution is 0.603. The molecule has 0 saturated carbocycles. The normalized spacial score (nSPS) is 12.7. The SMILES string of the molecule is CCCNC(c1cc(C)c(Br)cc1C)c1sccc1Cl. The van der Waals surface area contributed by atoms with Gasteiger partial charge in [-0.3, -0.25) is 0 Å². The summed E-state index contributed by atoms with van der Waals surface area (Å²) in [7, 11) is 0. The first-order valence-electron chi connectivity index (χ1n) is 6.77. The molecule has 0 radical (unpaired) electrons. The van der Waals surface area contributed by atoms with Crippen LogP contribution in [-0.2, 0) is 0 Å². The summed E-state index contributed by atoms with van der Waals surface area (Å²) in [5.41, 5.74) is 3.84. The van der Waals surface area contributed by atoms with Crippen LogP contribution in [0.3, 0.4) is 0 Å². The summed E-state index contributed by atoms with van der Waals surface area (Å²) >= 11 is 11.7. The fourth-order valence-corrected chi connectivity index (χ4v) is 3.97. The third kappa shape index (κ3) is 3.45. The molecule has 1 nitrogen and oxygen atoms in total. The summed E-state index contributed by atoms with van der Waals surface area (Å²) in [4.78, 5) is 1.20. The van der Waals surface area contributed by atoms with Gasteiger partial charge in [0.1, 0.15) is 0 Å². The average molecular weight is 373 g/mol. The minimum atomic E-state index is 0.175. The van der Waals surface area contributed by atoms with E-state index in [-0.39, 0.29) is 6.04 Å². The van der Waals surface area contributed by atoms with Crippen LogP contribution in [0.2, 0.25) is 5.02 Å². The molecule has 0 aliphatic carbocycles. The Hall–Kier alpha value is -0.350. The van der Waals surface area contributed by atoms with Crippen molar-refractivity contribution in [2.45, 2.75) is 33.2 Å². The number of nitrogens with one attached hydrogen (secondary N) is 1. The first kappa shape index (κ1) is 16.0. The molecule has 0 fully saturated rings. The van der Waals surface area contributed by atoms with E-state index in [4.69, 9.17) is 11.6 Å². The first-order chi connectivity index (χ1) is 9.54. The van der Waals surface area contributed by atoms with E-state index in [0.717, 1.165) is 22.5 Å². The molecule has 1 unspecified atom stereocenters. The molecule has 2 aromatic rings. The molecule has 0 saturated heterocycles. The number of halogens is 2. The van der Waals surface area contributed by atoms with E-state index in [0.29, 0.717) is 0 Å². The second-order valence-corrected chi connectivity index (χ2v) is 7.19. The highest BCUT2D eigenvalue weighted by atomic mass is 79.9. The maximum Gasteiger partial charge on any atom is 0.0688 e. The molecule has 1 atom stereocenters. The highest BCUT2D eigenvalue weighted by Crippen LogP contribution is 2.35. The Morgan fingerprint density at radius 1 is 1.30 bits per heavy atom. The third-order valence-electron chi connectivity index (χ3n) is 3.36. The number of hydrogen-bond donors (Lipinski definition) is 1. The van der Waals surface area contributed by atoms with Crippen molar-refractivity contribution in [3.63, 3.8) is 0 Å². The molecule has 108 valence electrons. The Kier molecular flexibility index (Phi) is 5.67. The van der Waals surface area contributed by atoms with Crippen LogP contribution in [0.15, 0.2) is 28.1 Å². The smallest absolute Gasteiger partial charge is 0.0688 e. The standard InChI is InChI=1S/C16H19BrClNS/c1-4-6-19-15(16-14(18)5-7-20-16)12-8-11(3)13(17)9-10(12)2/h5,7-9,15,19H,4,6H2,1-3H3. The van der Waals surface area contributed by atoms with Crippen molar-refractivity contribution >= 4 is 38.9 Å². The molecule has 0 aliphatic heterocycles.